The van der Waals surface area contributed by atoms with Crippen LogP contribution in [-0.4, -0.2) is 6.54 Å². The average molecular weight is 280 g/mol. The van der Waals surface area contributed by atoms with Crippen molar-refractivity contribution in [2.45, 2.75) is 40.7 Å². The first kappa shape index (κ1) is 14.4. The van der Waals surface area contributed by atoms with E-state index >= 15 is 0 Å². The molecule has 0 radical (unpaired) electrons. The highest BCUT2D eigenvalue weighted by atomic mass is 35.5. The first-order chi connectivity index (χ1) is 9.02. The number of rotatable bonds is 5. The van der Waals surface area contributed by atoms with Crippen LogP contribution in [0, 0.1) is 12.8 Å². The summed E-state index contributed by atoms with van der Waals surface area (Å²) in [5.41, 5.74) is 3.39. The summed E-state index contributed by atoms with van der Waals surface area (Å²) >= 11 is 6.19. The average Bonchev–Trinajstić information content (AvgIpc) is 2.65. The third-order valence-electron chi connectivity index (χ3n) is 3.27. The summed E-state index contributed by atoms with van der Waals surface area (Å²) in [5, 5.41) is 5.30. The number of nitrogens with one attached hydrogen (secondary N) is 1. The molecule has 0 aliphatic rings. The van der Waals surface area contributed by atoms with Crippen LogP contribution in [0.2, 0.25) is 5.02 Å². The van der Waals surface area contributed by atoms with Crippen LogP contribution in [0.15, 0.2) is 16.5 Å². The van der Waals surface area contributed by atoms with E-state index in [1.54, 1.807) is 0 Å². The van der Waals surface area contributed by atoms with Crippen LogP contribution in [0.1, 0.15) is 37.7 Å². The van der Waals surface area contributed by atoms with Crippen molar-refractivity contribution in [2.24, 2.45) is 5.92 Å². The molecule has 0 unspecified atom stereocenters. The molecule has 3 heteroatoms. The molecule has 1 heterocycles. The molecule has 1 aromatic carbocycles. The lowest BCUT2D eigenvalue weighted by Gasteiger charge is -2.06. The van der Waals surface area contributed by atoms with Crippen LogP contribution in [0.3, 0.4) is 0 Å². The van der Waals surface area contributed by atoms with Gasteiger partial charge in [-0.05, 0) is 43.5 Å². The Bertz CT molecular complexity index is 572. The van der Waals surface area contributed by atoms with E-state index in [0.29, 0.717) is 5.92 Å². The molecule has 0 atom stereocenters. The van der Waals surface area contributed by atoms with E-state index in [9.17, 15) is 0 Å². The quantitative estimate of drug-likeness (QED) is 0.858. The van der Waals surface area contributed by atoms with Crippen molar-refractivity contribution in [3.05, 3.63) is 34.0 Å². The van der Waals surface area contributed by atoms with Gasteiger partial charge in [-0.15, -0.1) is 0 Å². The van der Waals surface area contributed by atoms with E-state index in [0.717, 1.165) is 41.4 Å². The number of aryl methyl sites for hydroxylation is 1. The Balaban J connectivity index is 2.56. The SMILES string of the molecule is CCNCc1oc2c(C)cc(Cl)cc2c1CC(C)C. The summed E-state index contributed by atoms with van der Waals surface area (Å²) in [6.45, 7) is 10.3. The fourth-order valence-electron chi connectivity index (χ4n) is 2.44. The van der Waals surface area contributed by atoms with Crippen molar-refractivity contribution in [3.63, 3.8) is 0 Å². The molecule has 0 aliphatic carbocycles. The van der Waals surface area contributed by atoms with Gasteiger partial charge in [0, 0.05) is 16.0 Å². The molecule has 0 amide bonds. The van der Waals surface area contributed by atoms with Gasteiger partial charge in [0.05, 0.1) is 6.54 Å². The molecule has 0 saturated carbocycles. The predicted octanol–water partition coefficient (Wildman–Crippen LogP) is 4.70. The highest BCUT2D eigenvalue weighted by Gasteiger charge is 2.17. The van der Waals surface area contributed by atoms with Crippen molar-refractivity contribution in [2.75, 3.05) is 6.54 Å². The summed E-state index contributed by atoms with van der Waals surface area (Å²) in [6, 6.07) is 3.99. The van der Waals surface area contributed by atoms with Gasteiger partial charge in [0.15, 0.2) is 0 Å². The minimum Gasteiger partial charge on any atom is -0.459 e. The molecule has 0 bridgehead atoms. The topological polar surface area (TPSA) is 25.2 Å². The summed E-state index contributed by atoms with van der Waals surface area (Å²) in [4.78, 5) is 0. The highest BCUT2D eigenvalue weighted by molar-refractivity contribution is 6.31. The van der Waals surface area contributed by atoms with Crippen molar-refractivity contribution in [1.82, 2.24) is 5.32 Å². The predicted molar refractivity (Wildman–Crippen MR) is 81.9 cm³/mol. The number of furan rings is 1. The van der Waals surface area contributed by atoms with Crippen LogP contribution in [0.25, 0.3) is 11.0 Å². The molecular weight excluding hydrogens is 258 g/mol. The van der Waals surface area contributed by atoms with Crippen LogP contribution in [-0.2, 0) is 13.0 Å². The van der Waals surface area contributed by atoms with Crippen LogP contribution in [0.5, 0.6) is 0 Å². The number of halogens is 1. The van der Waals surface area contributed by atoms with Crippen molar-refractivity contribution in [1.29, 1.82) is 0 Å². The molecule has 2 rings (SSSR count). The third-order valence-corrected chi connectivity index (χ3v) is 3.49. The van der Waals surface area contributed by atoms with Gasteiger partial charge < -0.3 is 9.73 Å². The molecular formula is C16H22ClNO. The lowest BCUT2D eigenvalue weighted by molar-refractivity contribution is 0.505. The Morgan fingerprint density at radius 2 is 2.05 bits per heavy atom. The normalized spacial score (nSPS) is 11.7. The van der Waals surface area contributed by atoms with Gasteiger partial charge in [-0.2, -0.15) is 0 Å². The molecule has 104 valence electrons. The van der Waals surface area contributed by atoms with Gasteiger partial charge in [0.1, 0.15) is 11.3 Å². The van der Waals surface area contributed by atoms with Gasteiger partial charge >= 0.3 is 0 Å². The Morgan fingerprint density at radius 1 is 1.32 bits per heavy atom. The van der Waals surface area contributed by atoms with E-state index in [2.05, 4.69) is 26.1 Å². The first-order valence-electron chi connectivity index (χ1n) is 6.94. The summed E-state index contributed by atoms with van der Waals surface area (Å²) in [6.07, 6.45) is 1.02. The number of benzene rings is 1. The first-order valence-corrected chi connectivity index (χ1v) is 7.31. The van der Waals surface area contributed by atoms with Gasteiger partial charge in [0.25, 0.3) is 0 Å². The maximum atomic E-state index is 6.19. The van der Waals surface area contributed by atoms with E-state index < -0.39 is 0 Å². The molecule has 2 aromatic rings. The Labute approximate surface area is 120 Å². The molecule has 1 N–H and O–H groups in total. The lowest BCUT2D eigenvalue weighted by Crippen LogP contribution is -2.12. The smallest absolute Gasteiger partial charge is 0.137 e. The summed E-state index contributed by atoms with van der Waals surface area (Å²) in [7, 11) is 0. The van der Waals surface area contributed by atoms with Crippen molar-refractivity contribution in [3.8, 4) is 0 Å². The maximum absolute atomic E-state index is 6.19. The molecule has 0 spiro atoms. The number of hydrogen-bond donors (Lipinski definition) is 1. The van der Waals surface area contributed by atoms with Gasteiger partial charge in [-0.3, -0.25) is 0 Å². The molecule has 0 fully saturated rings. The standard InChI is InChI=1S/C16H22ClNO/c1-5-18-9-15-13(6-10(2)3)14-8-12(17)7-11(4)16(14)19-15/h7-8,10,18H,5-6,9H2,1-4H3. The van der Waals surface area contributed by atoms with E-state index in [1.165, 1.54) is 10.9 Å². The minimum absolute atomic E-state index is 0.598. The van der Waals surface area contributed by atoms with Crippen molar-refractivity contribution < 1.29 is 4.42 Å². The van der Waals surface area contributed by atoms with Crippen molar-refractivity contribution >= 4 is 22.6 Å². The Kier molecular flexibility index (Phi) is 4.54. The number of fused-ring (bicyclic) bond motifs is 1. The maximum Gasteiger partial charge on any atom is 0.137 e. The van der Waals surface area contributed by atoms with E-state index in [-0.39, 0.29) is 0 Å². The molecule has 0 aliphatic heterocycles. The van der Waals surface area contributed by atoms with E-state index in [4.69, 9.17) is 16.0 Å². The summed E-state index contributed by atoms with van der Waals surface area (Å²) < 4.78 is 6.07. The monoisotopic (exact) mass is 279 g/mol. The molecule has 2 nitrogen and oxygen atoms in total. The molecule has 19 heavy (non-hydrogen) atoms. The van der Waals surface area contributed by atoms with Gasteiger partial charge in [0.2, 0.25) is 0 Å². The zero-order valence-electron chi connectivity index (χ0n) is 12.1. The second kappa shape index (κ2) is 5.98. The fraction of sp³-hybridized carbons (Fsp3) is 0.500. The second-order valence-electron chi connectivity index (χ2n) is 5.48. The van der Waals surface area contributed by atoms with Gasteiger partial charge in [-0.1, -0.05) is 32.4 Å². The molecule has 1 aromatic heterocycles. The second-order valence-corrected chi connectivity index (χ2v) is 5.92. The third kappa shape index (κ3) is 3.13. The summed E-state index contributed by atoms with van der Waals surface area (Å²) in [5.74, 6) is 1.65. The highest BCUT2D eigenvalue weighted by Crippen LogP contribution is 2.32. The zero-order valence-corrected chi connectivity index (χ0v) is 12.9. The number of hydrogen-bond acceptors (Lipinski definition) is 2. The van der Waals surface area contributed by atoms with Crippen LogP contribution >= 0.6 is 11.6 Å². The fourth-order valence-corrected chi connectivity index (χ4v) is 2.71. The molecule has 0 saturated heterocycles. The largest absolute Gasteiger partial charge is 0.459 e. The van der Waals surface area contributed by atoms with E-state index in [1.807, 2.05) is 19.1 Å². The van der Waals surface area contributed by atoms with Crippen LogP contribution < -0.4 is 5.32 Å². The zero-order chi connectivity index (χ0) is 14.0. The Morgan fingerprint density at radius 3 is 2.68 bits per heavy atom. The van der Waals surface area contributed by atoms with Gasteiger partial charge in [-0.25, -0.2) is 0 Å². The Hall–Kier alpha value is -0.990. The lowest BCUT2D eigenvalue weighted by atomic mass is 9.99. The minimum atomic E-state index is 0.598. The van der Waals surface area contributed by atoms with Crippen LogP contribution in [0.4, 0.5) is 0 Å².